The summed E-state index contributed by atoms with van der Waals surface area (Å²) in [4.78, 5) is 28.3. The van der Waals surface area contributed by atoms with Crippen LogP contribution in [0.4, 0.5) is 5.82 Å². The Morgan fingerprint density at radius 2 is 1.91 bits per heavy atom. The average molecular weight is 450 g/mol. The van der Waals surface area contributed by atoms with Crippen molar-refractivity contribution in [1.82, 2.24) is 40.1 Å². The van der Waals surface area contributed by atoms with Crippen molar-refractivity contribution in [1.29, 1.82) is 0 Å². The number of hydrogen-bond donors (Lipinski definition) is 3. The second-order valence-corrected chi connectivity index (χ2v) is 8.30. The number of pyridine rings is 2. The van der Waals surface area contributed by atoms with Crippen LogP contribution in [0.15, 0.2) is 60.1 Å². The van der Waals surface area contributed by atoms with Crippen LogP contribution in [0.3, 0.4) is 0 Å². The van der Waals surface area contributed by atoms with Crippen molar-refractivity contribution in [3.05, 3.63) is 55.6 Å². The van der Waals surface area contributed by atoms with Crippen LogP contribution in [0.25, 0.3) is 56.0 Å². The van der Waals surface area contributed by atoms with Gasteiger partial charge in [-0.15, -0.1) is 0 Å². The Bertz CT molecular complexity index is 1650. The molecule has 0 amide bonds. The molecule has 1 fully saturated rings. The van der Waals surface area contributed by atoms with Crippen molar-refractivity contribution in [2.45, 2.75) is 6.04 Å². The zero-order valence-electron chi connectivity index (χ0n) is 17.8. The van der Waals surface area contributed by atoms with Crippen LogP contribution in [0.1, 0.15) is 0 Å². The summed E-state index contributed by atoms with van der Waals surface area (Å²) in [5.41, 5.74) is 12.2. The predicted molar refractivity (Wildman–Crippen MR) is 126 cm³/mol. The molecule has 11 nitrogen and oxygen atoms in total. The molecule has 7 heterocycles. The fourth-order valence-electron chi connectivity index (χ4n) is 4.24. The summed E-state index contributed by atoms with van der Waals surface area (Å²) in [5.74, 6) is 1.43. The van der Waals surface area contributed by atoms with Gasteiger partial charge in [-0.2, -0.15) is 5.10 Å². The second-order valence-electron chi connectivity index (χ2n) is 8.30. The zero-order valence-corrected chi connectivity index (χ0v) is 17.8. The Morgan fingerprint density at radius 1 is 1.00 bits per heavy atom. The molecule has 0 saturated carbocycles. The molecule has 34 heavy (non-hydrogen) atoms. The molecule has 0 aromatic carbocycles. The summed E-state index contributed by atoms with van der Waals surface area (Å²) in [5, 5.41) is 8.43. The molecule has 0 bridgehead atoms. The molecule has 1 aliphatic heterocycles. The first-order valence-electron chi connectivity index (χ1n) is 10.8. The fourth-order valence-corrected chi connectivity index (χ4v) is 4.24. The van der Waals surface area contributed by atoms with E-state index in [0.29, 0.717) is 22.9 Å². The number of furan rings is 1. The van der Waals surface area contributed by atoms with Gasteiger partial charge in [-0.1, -0.05) is 0 Å². The first kappa shape index (κ1) is 18.9. The van der Waals surface area contributed by atoms with E-state index in [4.69, 9.17) is 20.1 Å². The molecular formula is C23H18N10O. The third-order valence-electron chi connectivity index (χ3n) is 6.02. The molecule has 1 saturated heterocycles. The largest absolute Gasteiger partial charge is 0.472 e. The molecule has 0 atom stereocenters. The topological polar surface area (TPSA) is 151 Å². The number of rotatable bonds is 4. The molecule has 7 rings (SSSR count). The normalized spacial score (nSPS) is 14.2. The first-order valence-corrected chi connectivity index (χ1v) is 10.8. The number of nitrogens with one attached hydrogen (secondary N) is 2. The highest BCUT2D eigenvalue weighted by molar-refractivity contribution is 5.97. The van der Waals surface area contributed by atoms with E-state index in [9.17, 15) is 0 Å². The van der Waals surface area contributed by atoms with E-state index in [2.05, 4.69) is 35.0 Å². The maximum absolute atomic E-state index is 5.91. The molecule has 4 N–H and O–H groups in total. The van der Waals surface area contributed by atoms with Crippen LogP contribution in [0.5, 0.6) is 0 Å². The molecule has 6 aromatic heterocycles. The lowest BCUT2D eigenvalue weighted by molar-refractivity contribution is 0.514. The lowest BCUT2D eigenvalue weighted by Crippen LogP contribution is -2.56. The summed E-state index contributed by atoms with van der Waals surface area (Å²) >= 11 is 0. The van der Waals surface area contributed by atoms with E-state index >= 15 is 0 Å². The van der Waals surface area contributed by atoms with Gasteiger partial charge in [0.2, 0.25) is 0 Å². The van der Waals surface area contributed by atoms with E-state index in [-0.39, 0.29) is 6.04 Å². The maximum Gasteiger partial charge on any atom is 0.159 e. The average Bonchev–Trinajstić information content (AvgIpc) is 3.60. The highest BCUT2D eigenvalue weighted by Crippen LogP contribution is 2.32. The van der Waals surface area contributed by atoms with E-state index in [1.54, 1.807) is 43.5 Å². The summed E-state index contributed by atoms with van der Waals surface area (Å²) in [6.07, 6.45) is 12.0. The van der Waals surface area contributed by atoms with E-state index in [0.717, 1.165) is 52.0 Å². The molecule has 6 aromatic rings. The lowest BCUT2D eigenvalue weighted by atomic mass is 10.1. The summed E-state index contributed by atoms with van der Waals surface area (Å²) in [7, 11) is 0. The minimum Gasteiger partial charge on any atom is -0.472 e. The third-order valence-corrected chi connectivity index (χ3v) is 6.02. The van der Waals surface area contributed by atoms with E-state index < -0.39 is 0 Å². The SMILES string of the molecule is NC1CN(c2cncc(-c3cc4c(-c5nc6c(-c7ccoc7)cncc6[nH]5)n[nH]c4cn3)n2)C1. The number of nitrogens with zero attached hydrogens (tertiary/aromatic N) is 7. The monoisotopic (exact) mass is 450 g/mol. The molecule has 0 spiro atoms. The van der Waals surface area contributed by atoms with Gasteiger partial charge >= 0.3 is 0 Å². The van der Waals surface area contributed by atoms with Gasteiger partial charge in [0.05, 0.1) is 54.0 Å². The third kappa shape index (κ3) is 2.94. The zero-order chi connectivity index (χ0) is 22.6. The number of H-pyrrole nitrogens is 2. The number of nitrogens with two attached hydrogens (primary N) is 1. The van der Waals surface area contributed by atoms with Gasteiger partial charge in [0.1, 0.15) is 22.7 Å². The van der Waals surface area contributed by atoms with Crippen molar-refractivity contribution in [3.63, 3.8) is 0 Å². The van der Waals surface area contributed by atoms with Gasteiger partial charge in [-0.05, 0) is 12.1 Å². The van der Waals surface area contributed by atoms with Gasteiger partial charge in [-0.25, -0.2) is 9.97 Å². The van der Waals surface area contributed by atoms with Crippen molar-refractivity contribution in [2.24, 2.45) is 5.73 Å². The number of fused-ring (bicyclic) bond motifs is 2. The van der Waals surface area contributed by atoms with Crippen LogP contribution >= 0.6 is 0 Å². The van der Waals surface area contributed by atoms with Crippen LogP contribution in [0.2, 0.25) is 0 Å². The molecule has 0 unspecified atom stereocenters. The number of anilines is 1. The van der Waals surface area contributed by atoms with Crippen molar-refractivity contribution in [2.75, 3.05) is 18.0 Å². The van der Waals surface area contributed by atoms with Crippen LogP contribution in [-0.4, -0.2) is 59.2 Å². The van der Waals surface area contributed by atoms with E-state index in [1.165, 1.54) is 0 Å². The Kier molecular flexibility index (Phi) is 3.99. The van der Waals surface area contributed by atoms with Gasteiger partial charge in [0.25, 0.3) is 0 Å². The molecule has 11 heteroatoms. The minimum absolute atomic E-state index is 0.182. The van der Waals surface area contributed by atoms with Gasteiger partial charge in [0, 0.05) is 41.8 Å². The fraction of sp³-hybridized carbons (Fsp3) is 0.130. The molecular weight excluding hydrogens is 432 g/mol. The van der Waals surface area contributed by atoms with Crippen LogP contribution < -0.4 is 10.6 Å². The number of aromatic nitrogens is 8. The standard InChI is InChI=1S/C23H18N10O/c24-13-9-33(10-13)20-8-26-5-18(28-20)16-3-14-17(7-27-16)31-32-22(14)23-29-19-6-25-4-15(21(19)30-23)12-1-2-34-11-12/h1-8,11,13H,9-10,24H2,(H,29,30)(H,31,32). The maximum atomic E-state index is 5.91. The smallest absolute Gasteiger partial charge is 0.159 e. The Morgan fingerprint density at radius 3 is 2.76 bits per heavy atom. The van der Waals surface area contributed by atoms with Crippen molar-refractivity contribution >= 4 is 27.8 Å². The Hall–Kier alpha value is -4.64. The van der Waals surface area contributed by atoms with Crippen LogP contribution in [-0.2, 0) is 0 Å². The Balaban J connectivity index is 1.31. The highest BCUT2D eigenvalue weighted by atomic mass is 16.3. The molecule has 1 aliphatic rings. The molecule has 166 valence electrons. The molecule has 0 aliphatic carbocycles. The number of hydrogen-bond acceptors (Lipinski definition) is 9. The van der Waals surface area contributed by atoms with Crippen molar-refractivity contribution in [3.8, 4) is 34.0 Å². The molecule has 0 radical (unpaired) electrons. The quantitative estimate of drug-likeness (QED) is 0.368. The summed E-state index contributed by atoms with van der Waals surface area (Å²) < 4.78 is 5.24. The van der Waals surface area contributed by atoms with Crippen molar-refractivity contribution < 1.29 is 4.42 Å². The van der Waals surface area contributed by atoms with E-state index in [1.807, 2.05) is 12.1 Å². The lowest BCUT2D eigenvalue weighted by Gasteiger charge is -2.37. The van der Waals surface area contributed by atoms with Gasteiger partial charge in [0.15, 0.2) is 5.82 Å². The summed E-state index contributed by atoms with van der Waals surface area (Å²) in [6.45, 7) is 1.55. The summed E-state index contributed by atoms with van der Waals surface area (Å²) in [6, 6.07) is 4.02. The number of aromatic amines is 2. The van der Waals surface area contributed by atoms with Gasteiger partial charge < -0.3 is 20.0 Å². The number of imidazole rings is 1. The van der Waals surface area contributed by atoms with Crippen LogP contribution in [0, 0.1) is 0 Å². The second kappa shape index (κ2) is 7.18. The Labute approximate surface area is 192 Å². The van der Waals surface area contributed by atoms with Gasteiger partial charge in [-0.3, -0.25) is 20.1 Å². The first-order chi connectivity index (χ1) is 16.7. The minimum atomic E-state index is 0.182. The highest BCUT2D eigenvalue weighted by Gasteiger charge is 2.25. The predicted octanol–water partition coefficient (Wildman–Crippen LogP) is 2.76.